The van der Waals surface area contributed by atoms with Crippen LogP contribution in [0.15, 0.2) is 116 Å². The molecule has 192 valence electrons. The van der Waals surface area contributed by atoms with Crippen molar-refractivity contribution in [2.24, 2.45) is 0 Å². The highest BCUT2D eigenvalue weighted by molar-refractivity contribution is 5.78. The molecular weight excluding hydrogens is 472 g/mol. The monoisotopic (exact) mass is 504 g/mol. The van der Waals surface area contributed by atoms with Crippen molar-refractivity contribution in [2.75, 3.05) is 13.7 Å². The summed E-state index contributed by atoms with van der Waals surface area (Å²) in [6, 6.07) is 36.8. The van der Waals surface area contributed by atoms with Crippen LogP contribution in [0, 0.1) is 0 Å². The molecule has 1 heterocycles. The van der Waals surface area contributed by atoms with E-state index >= 15 is 0 Å². The molecule has 0 spiro atoms. The average Bonchev–Trinajstić information content (AvgIpc) is 3.41. The molecule has 0 aliphatic heterocycles. The van der Waals surface area contributed by atoms with Gasteiger partial charge < -0.3 is 18.8 Å². The van der Waals surface area contributed by atoms with Crippen LogP contribution in [0.3, 0.4) is 0 Å². The number of imidazole rings is 1. The molecule has 0 bridgehead atoms. The van der Waals surface area contributed by atoms with Gasteiger partial charge in [-0.1, -0.05) is 97.1 Å². The minimum Gasteiger partial charge on any atom is -0.493 e. The Morgan fingerprint density at radius 3 is 2.08 bits per heavy atom. The maximum absolute atomic E-state index is 6.02. The van der Waals surface area contributed by atoms with Gasteiger partial charge in [0.2, 0.25) is 0 Å². The zero-order valence-electron chi connectivity index (χ0n) is 21.6. The summed E-state index contributed by atoms with van der Waals surface area (Å²) in [6.07, 6.45) is 2.81. The number of ether oxygens (including phenoxy) is 3. The predicted molar refractivity (Wildman–Crippen MR) is 151 cm³/mol. The molecule has 5 aromatic rings. The van der Waals surface area contributed by atoms with E-state index in [1.807, 2.05) is 79.1 Å². The van der Waals surface area contributed by atoms with Crippen LogP contribution in [0.2, 0.25) is 0 Å². The summed E-state index contributed by atoms with van der Waals surface area (Å²) in [7, 11) is 1.66. The van der Waals surface area contributed by atoms with Gasteiger partial charge in [-0.25, -0.2) is 4.98 Å². The molecule has 0 fully saturated rings. The number of hydrogen-bond acceptors (Lipinski definition) is 4. The number of benzene rings is 4. The molecule has 5 nitrogen and oxygen atoms in total. The van der Waals surface area contributed by atoms with Gasteiger partial charge in [0, 0.05) is 24.3 Å². The fraction of sp³-hybridized carbons (Fsp3) is 0.182. The molecule has 5 heteroatoms. The topological polar surface area (TPSA) is 45.5 Å². The van der Waals surface area contributed by atoms with E-state index in [1.165, 1.54) is 0 Å². The Morgan fingerprint density at radius 1 is 0.684 bits per heavy atom. The first-order valence-corrected chi connectivity index (χ1v) is 12.9. The molecule has 0 unspecified atom stereocenters. The van der Waals surface area contributed by atoms with Gasteiger partial charge >= 0.3 is 0 Å². The second-order valence-electron chi connectivity index (χ2n) is 9.03. The van der Waals surface area contributed by atoms with Crippen LogP contribution in [0.4, 0.5) is 0 Å². The number of aryl methyl sites for hydroxylation is 1. The molecule has 0 N–H and O–H groups in total. The highest BCUT2D eigenvalue weighted by atomic mass is 16.5. The Hall–Kier alpha value is -4.35. The Bertz CT molecular complexity index is 1420. The number of hydrogen-bond donors (Lipinski definition) is 0. The van der Waals surface area contributed by atoms with Gasteiger partial charge in [0.25, 0.3) is 0 Å². The first-order chi connectivity index (χ1) is 18.8. The Kier molecular flexibility index (Phi) is 8.49. The van der Waals surface area contributed by atoms with Gasteiger partial charge in [0.1, 0.15) is 6.61 Å². The van der Waals surface area contributed by atoms with E-state index in [1.54, 1.807) is 7.11 Å². The normalized spacial score (nSPS) is 10.9. The van der Waals surface area contributed by atoms with Crippen molar-refractivity contribution in [3.05, 3.63) is 127 Å². The number of aromatic nitrogens is 2. The summed E-state index contributed by atoms with van der Waals surface area (Å²) in [5.41, 5.74) is 6.57. The molecule has 0 saturated carbocycles. The third kappa shape index (κ3) is 6.31. The summed E-state index contributed by atoms with van der Waals surface area (Å²) in [5, 5.41) is 0. The van der Waals surface area contributed by atoms with E-state index in [0.717, 1.165) is 52.4 Å². The molecule has 0 radical (unpaired) electrons. The lowest BCUT2D eigenvalue weighted by molar-refractivity contribution is 0.115. The van der Waals surface area contributed by atoms with Crippen molar-refractivity contribution in [1.82, 2.24) is 9.55 Å². The molecule has 0 aliphatic carbocycles. The maximum atomic E-state index is 6.02. The fourth-order valence-electron chi connectivity index (χ4n) is 4.44. The van der Waals surface area contributed by atoms with E-state index in [2.05, 4.69) is 41.0 Å². The number of methoxy groups -OCH3 is 1. The first-order valence-electron chi connectivity index (χ1n) is 12.9. The second-order valence-corrected chi connectivity index (χ2v) is 9.03. The minimum atomic E-state index is 0.498. The van der Waals surface area contributed by atoms with Gasteiger partial charge in [0.15, 0.2) is 11.5 Å². The van der Waals surface area contributed by atoms with Crippen LogP contribution >= 0.6 is 0 Å². The van der Waals surface area contributed by atoms with E-state index in [9.17, 15) is 0 Å². The first kappa shape index (κ1) is 25.3. The smallest absolute Gasteiger partial charge is 0.161 e. The lowest BCUT2D eigenvalue weighted by Crippen LogP contribution is -2.04. The van der Waals surface area contributed by atoms with Crippen LogP contribution in [0.1, 0.15) is 17.5 Å². The Labute approximate surface area is 224 Å². The standard InChI is InChI=1S/C33H32N2O3/c1-36-31-22-27(18-19-30(31)38-24-26-12-5-2-6-13-26)23-37-21-11-20-35-25-34-32(28-14-7-3-8-15-28)33(35)29-16-9-4-10-17-29/h2-10,12-19,22,25H,11,20-21,23-24H2,1H3. The van der Waals surface area contributed by atoms with Crippen molar-refractivity contribution in [1.29, 1.82) is 0 Å². The van der Waals surface area contributed by atoms with Crippen molar-refractivity contribution in [2.45, 2.75) is 26.2 Å². The fourth-order valence-corrected chi connectivity index (χ4v) is 4.44. The lowest BCUT2D eigenvalue weighted by Gasteiger charge is -2.13. The Balaban J connectivity index is 1.17. The molecule has 38 heavy (non-hydrogen) atoms. The van der Waals surface area contributed by atoms with Crippen LogP contribution in [-0.2, 0) is 24.5 Å². The van der Waals surface area contributed by atoms with Crippen molar-refractivity contribution < 1.29 is 14.2 Å². The highest BCUT2D eigenvalue weighted by Crippen LogP contribution is 2.32. The molecule has 0 atom stereocenters. The average molecular weight is 505 g/mol. The number of rotatable bonds is 12. The molecule has 5 rings (SSSR count). The molecule has 0 aliphatic rings. The molecule has 4 aromatic carbocycles. The summed E-state index contributed by atoms with van der Waals surface area (Å²) in [6.45, 7) is 2.47. The van der Waals surface area contributed by atoms with Crippen molar-refractivity contribution >= 4 is 0 Å². The largest absolute Gasteiger partial charge is 0.493 e. The van der Waals surface area contributed by atoms with Crippen LogP contribution in [0.5, 0.6) is 11.5 Å². The van der Waals surface area contributed by atoms with E-state index in [-0.39, 0.29) is 0 Å². The highest BCUT2D eigenvalue weighted by Gasteiger charge is 2.14. The van der Waals surface area contributed by atoms with Gasteiger partial charge in [0.05, 0.1) is 31.4 Å². The van der Waals surface area contributed by atoms with E-state index in [0.29, 0.717) is 25.6 Å². The summed E-state index contributed by atoms with van der Waals surface area (Å²) >= 11 is 0. The SMILES string of the molecule is COc1cc(COCCCn2cnc(-c3ccccc3)c2-c2ccccc2)ccc1OCc1ccccc1. The summed E-state index contributed by atoms with van der Waals surface area (Å²) in [5.74, 6) is 1.43. The van der Waals surface area contributed by atoms with Gasteiger partial charge in [-0.05, 0) is 29.7 Å². The summed E-state index contributed by atoms with van der Waals surface area (Å²) in [4.78, 5) is 4.77. The van der Waals surface area contributed by atoms with Gasteiger partial charge in [-0.15, -0.1) is 0 Å². The minimum absolute atomic E-state index is 0.498. The predicted octanol–water partition coefficient (Wildman–Crippen LogP) is 7.41. The molecule has 0 amide bonds. The quantitative estimate of drug-likeness (QED) is 0.166. The molecule has 1 aromatic heterocycles. The van der Waals surface area contributed by atoms with Gasteiger partial charge in [-0.3, -0.25) is 0 Å². The molecular formula is C33H32N2O3. The van der Waals surface area contributed by atoms with Crippen LogP contribution in [0.25, 0.3) is 22.5 Å². The summed E-state index contributed by atoms with van der Waals surface area (Å²) < 4.78 is 19.8. The second kappa shape index (κ2) is 12.7. The van der Waals surface area contributed by atoms with Crippen LogP contribution in [-0.4, -0.2) is 23.3 Å². The molecule has 0 saturated heterocycles. The van der Waals surface area contributed by atoms with E-state index in [4.69, 9.17) is 19.2 Å². The van der Waals surface area contributed by atoms with Gasteiger partial charge in [-0.2, -0.15) is 0 Å². The maximum Gasteiger partial charge on any atom is 0.161 e. The van der Waals surface area contributed by atoms with Crippen LogP contribution < -0.4 is 9.47 Å². The lowest BCUT2D eigenvalue weighted by atomic mass is 10.0. The third-order valence-electron chi connectivity index (χ3n) is 6.35. The third-order valence-corrected chi connectivity index (χ3v) is 6.35. The zero-order chi connectivity index (χ0) is 26.0. The van der Waals surface area contributed by atoms with E-state index < -0.39 is 0 Å². The zero-order valence-corrected chi connectivity index (χ0v) is 21.6. The van der Waals surface area contributed by atoms with Crippen molar-refractivity contribution in [3.8, 4) is 34.0 Å². The number of nitrogens with zero attached hydrogens (tertiary/aromatic N) is 2. The van der Waals surface area contributed by atoms with Crippen molar-refractivity contribution in [3.63, 3.8) is 0 Å². The Morgan fingerprint density at radius 2 is 1.37 bits per heavy atom.